The average molecular weight is 198 g/mol. The smallest absolute Gasteiger partial charge is 0.225 e. The Balaban J connectivity index is 1.75. The standard InChI is InChI=1S/C10H18N2O2/c13-9(8-1-2-8)7-10(14)12-5-3-11-4-6-12/h8-9,11,13H,1-7H2. The van der Waals surface area contributed by atoms with E-state index in [9.17, 15) is 9.90 Å². The first-order chi connectivity index (χ1) is 6.77. The van der Waals surface area contributed by atoms with Crippen molar-refractivity contribution in [3.8, 4) is 0 Å². The van der Waals surface area contributed by atoms with Crippen LogP contribution in [-0.4, -0.2) is 48.2 Å². The Morgan fingerprint density at radius 2 is 2.07 bits per heavy atom. The number of carbonyl (C=O) groups is 1. The normalized spacial score (nSPS) is 24.8. The van der Waals surface area contributed by atoms with Crippen LogP contribution in [0.15, 0.2) is 0 Å². The number of aliphatic hydroxyl groups excluding tert-OH is 1. The molecule has 1 amide bonds. The molecule has 1 aliphatic heterocycles. The highest BCUT2D eigenvalue weighted by Crippen LogP contribution is 2.34. The van der Waals surface area contributed by atoms with Crippen LogP contribution in [-0.2, 0) is 4.79 Å². The molecule has 2 aliphatic rings. The van der Waals surface area contributed by atoms with E-state index in [1.165, 1.54) is 0 Å². The first kappa shape index (κ1) is 9.93. The number of piperazine rings is 1. The van der Waals surface area contributed by atoms with E-state index >= 15 is 0 Å². The third kappa shape index (κ3) is 2.45. The van der Waals surface area contributed by atoms with Gasteiger partial charge < -0.3 is 15.3 Å². The van der Waals surface area contributed by atoms with Crippen molar-refractivity contribution in [2.24, 2.45) is 5.92 Å². The number of hydrogen-bond acceptors (Lipinski definition) is 3. The van der Waals surface area contributed by atoms with Gasteiger partial charge in [-0.2, -0.15) is 0 Å². The summed E-state index contributed by atoms with van der Waals surface area (Å²) in [5.74, 6) is 0.521. The molecule has 2 fully saturated rings. The molecule has 1 saturated carbocycles. The van der Waals surface area contributed by atoms with Crippen molar-refractivity contribution in [1.82, 2.24) is 10.2 Å². The maximum Gasteiger partial charge on any atom is 0.225 e. The van der Waals surface area contributed by atoms with Crippen LogP contribution in [0.5, 0.6) is 0 Å². The molecule has 0 aromatic carbocycles. The topological polar surface area (TPSA) is 52.6 Å². The van der Waals surface area contributed by atoms with Crippen LogP contribution in [0.25, 0.3) is 0 Å². The second kappa shape index (κ2) is 4.28. The Morgan fingerprint density at radius 3 is 2.64 bits per heavy atom. The lowest BCUT2D eigenvalue weighted by molar-refractivity contribution is -0.134. The minimum atomic E-state index is -0.391. The zero-order chi connectivity index (χ0) is 9.97. The maximum absolute atomic E-state index is 11.7. The van der Waals surface area contributed by atoms with Gasteiger partial charge in [0.1, 0.15) is 0 Å². The van der Waals surface area contributed by atoms with Gasteiger partial charge in [-0.15, -0.1) is 0 Å². The summed E-state index contributed by atoms with van der Waals surface area (Å²) in [6.45, 7) is 3.34. The summed E-state index contributed by atoms with van der Waals surface area (Å²) >= 11 is 0. The summed E-state index contributed by atoms with van der Waals surface area (Å²) in [6.07, 6.45) is 2.12. The Hall–Kier alpha value is -0.610. The highest BCUT2D eigenvalue weighted by molar-refractivity contribution is 5.76. The summed E-state index contributed by atoms with van der Waals surface area (Å²) in [4.78, 5) is 13.5. The third-order valence-electron chi connectivity index (χ3n) is 3.02. The number of aliphatic hydroxyl groups is 1. The van der Waals surface area contributed by atoms with Crippen LogP contribution in [0.1, 0.15) is 19.3 Å². The molecule has 1 heterocycles. The van der Waals surface area contributed by atoms with Crippen LogP contribution in [0.4, 0.5) is 0 Å². The maximum atomic E-state index is 11.7. The van der Waals surface area contributed by atoms with Crippen LogP contribution >= 0.6 is 0 Å². The minimum Gasteiger partial charge on any atom is -0.392 e. The lowest BCUT2D eigenvalue weighted by atomic mass is 10.1. The molecule has 0 spiro atoms. The highest BCUT2D eigenvalue weighted by Gasteiger charge is 2.32. The van der Waals surface area contributed by atoms with E-state index in [1.807, 2.05) is 4.90 Å². The quantitative estimate of drug-likeness (QED) is 0.647. The molecule has 2 N–H and O–H groups in total. The lowest BCUT2D eigenvalue weighted by Gasteiger charge is -2.28. The molecular formula is C10H18N2O2. The molecule has 2 rings (SSSR count). The molecule has 0 aromatic heterocycles. The lowest BCUT2D eigenvalue weighted by Crippen LogP contribution is -2.47. The van der Waals surface area contributed by atoms with Gasteiger partial charge in [-0.05, 0) is 18.8 Å². The predicted octanol–water partition coefficient (Wildman–Crippen LogP) is -0.421. The molecule has 0 radical (unpaired) electrons. The molecule has 14 heavy (non-hydrogen) atoms. The van der Waals surface area contributed by atoms with Crippen molar-refractivity contribution in [2.75, 3.05) is 26.2 Å². The van der Waals surface area contributed by atoms with E-state index in [0.717, 1.165) is 39.0 Å². The summed E-state index contributed by atoms with van der Waals surface area (Å²) in [5.41, 5.74) is 0. The second-order valence-electron chi connectivity index (χ2n) is 4.24. The van der Waals surface area contributed by atoms with Gasteiger partial charge in [-0.3, -0.25) is 4.79 Å². The molecule has 1 atom stereocenters. The number of nitrogens with one attached hydrogen (secondary N) is 1. The van der Waals surface area contributed by atoms with E-state index in [1.54, 1.807) is 0 Å². The van der Waals surface area contributed by atoms with Gasteiger partial charge in [0.15, 0.2) is 0 Å². The van der Waals surface area contributed by atoms with Crippen molar-refractivity contribution < 1.29 is 9.90 Å². The van der Waals surface area contributed by atoms with Crippen molar-refractivity contribution in [3.63, 3.8) is 0 Å². The van der Waals surface area contributed by atoms with Crippen molar-refractivity contribution in [1.29, 1.82) is 0 Å². The Labute approximate surface area is 84.3 Å². The van der Waals surface area contributed by atoms with Crippen LogP contribution in [0, 0.1) is 5.92 Å². The number of amides is 1. The van der Waals surface area contributed by atoms with Gasteiger partial charge in [0.05, 0.1) is 12.5 Å². The molecule has 1 unspecified atom stereocenters. The SMILES string of the molecule is O=C(CC(O)C1CC1)N1CCNCC1. The molecule has 1 saturated heterocycles. The number of hydrogen-bond donors (Lipinski definition) is 2. The highest BCUT2D eigenvalue weighted by atomic mass is 16.3. The summed E-state index contributed by atoms with van der Waals surface area (Å²) in [5, 5.41) is 12.8. The van der Waals surface area contributed by atoms with Crippen molar-refractivity contribution in [2.45, 2.75) is 25.4 Å². The molecule has 0 aromatic rings. The first-order valence-corrected chi connectivity index (χ1v) is 5.44. The molecular weight excluding hydrogens is 180 g/mol. The Morgan fingerprint density at radius 1 is 1.43 bits per heavy atom. The predicted molar refractivity (Wildman–Crippen MR) is 52.8 cm³/mol. The van der Waals surface area contributed by atoms with E-state index in [-0.39, 0.29) is 5.91 Å². The van der Waals surface area contributed by atoms with Gasteiger partial charge in [0.2, 0.25) is 5.91 Å². The molecule has 1 aliphatic carbocycles. The Kier molecular flexibility index (Phi) is 3.03. The fraction of sp³-hybridized carbons (Fsp3) is 0.900. The van der Waals surface area contributed by atoms with Gasteiger partial charge in [-0.25, -0.2) is 0 Å². The van der Waals surface area contributed by atoms with Gasteiger partial charge in [-0.1, -0.05) is 0 Å². The summed E-state index contributed by atoms with van der Waals surface area (Å²) in [7, 11) is 0. The van der Waals surface area contributed by atoms with Crippen LogP contribution in [0.2, 0.25) is 0 Å². The molecule has 4 nitrogen and oxygen atoms in total. The number of nitrogens with zero attached hydrogens (tertiary/aromatic N) is 1. The second-order valence-corrected chi connectivity index (χ2v) is 4.24. The van der Waals surface area contributed by atoms with Crippen LogP contribution < -0.4 is 5.32 Å². The van der Waals surface area contributed by atoms with E-state index in [0.29, 0.717) is 12.3 Å². The third-order valence-corrected chi connectivity index (χ3v) is 3.02. The molecule has 0 bridgehead atoms. The fourth-order valence-electron chi connectivity index (χ4n) is 1.87. The average Bonchev–Trinajstić information content (AvgIpc) is 3.02. The monoisotopic (exact) mass is 198 g/mol. The van der Waals surface area contributed by atoms with Crippen LogP contribution in [0.3, 0.4) is 0 Å². The number of rotatable bonds is 3. The summed E-state index contributed by atoms with van der Waals surface area (Å²) < 4.78 is 0. The molecule has 4 heteroatoms. The van der Waals surface area contributed by atoms with E-state index < -0.39 is 6.10 Å². The van der Waals surface area contributed by atoms with E-state index in [2.05, 4.69) is 5.32 Å². The Bertz CT molecular complexity index is 210. The van der Waals surface area contributed by atoms with Gasteiger partial charge in [0.25, 0.3) is 0 Å². The van der Waals surface area contributed by atoms with Gasteiger partial charge >= 0.3 is 0 Å². The largest absolute Gasteiger partial charge is 0.392 e. The van der Waals surface area contributed by atoms with Crippen molar-refractivity contribution >= 4 is 5.91 Å². The summed E-state index contributed by atoms with van der Waals surface area (Å²) in [6, 6.07) is 0. The van der Waals surface area contributed by atoms with Gasteiger partial charge in [0, 0.05) is 26.2 Å². The molecule has 80 valence electrons. The minimum absolute atomic E-state index is 0.117. The fourth-order valence-corrected chi connectivity index (χ4v) is 1.87. The van der Waals surface area contributed by atoms with E-state index in [4.69, 9.17) is 0 Å². The zero-order valence-electron chi connectivity index (χ0n) is 8.41. The van der Waals surface area contributed by atoms with Crippen molar-refractivity contribution in [3.05, 3.63) is 0 Å². The first-order valence-electron chi connectivity index (χ1n) is 5.44. The zero-order valence-corrected chi connectivity index (χ0v) is 8.41. The number of carbonyl (C=O) groups excluding carboxylic acids is 1.